The third kappa shape index (κ3) is 11.7. The Kier molecular flexibility index (Phi) is 20.9. The molecule has 24 nitrogen and oxygen atoms in total. The number of hydrogen-bond acceptors (Lipinski definition) is 22. The van der Waals surface area contributed by atoms with Gasteiger partial charge in [-0.05, 0) is 18.8 Å². The van der Waals surface area contributed by atoms with Gasteiger partial charge in [0.15, 0.2) is 37.4 Å². The van der Waals surface area contributed by atoms with Crippen molar-refractivity contribution < 1.29 is 117 Å². The van der Waals surface area contributed by atoms with E-state index in [1.165, 1.54) is 35.5 Å². The number of rotatable bonds is 16. The van der Waals surface area contributed by atoms with Crippen LogP contribution < -0.4 is 0 Å². The van der Waals surface area contributed by atoms with Gasteiger partial charge in [0.25, 0.3) is 0 Å². The number of aliphatic carboxylic acids is 2. The average Bonchev–Trinajstić information content (AvgIpc) is 3.27. The first-order valence-electron chi connectivity index (χ1n) is 21.2. The first-order valence-corrected chi connectivity index (χ1v) is 21.2. The molecule has 5 fully saturated rings. The van der Waals surface area contributed by atoms with Crippen LogP contribution in [0, 0.1) is 23.7 Å². The minimum absolute atomic E-state index is 0.0312. The fraction of sp³-hybridized carbons (Fsp3) is 0.950. The first-order chi connectivity index (χ1) is 30.3. The standard InChI is InChI=1S/C24H42O13.C16H28O11/c1-9-10(2)18(31-5)23(34-13(9)7-25)35-17-11(3)19(32-6)24(37-21(17)22(29)30)36-20-14(8-26)33-12(4)15(27)16(20)28;1-6-10(22-2)13(14(20)21)27-16(11(6)23-3)26-12-7(5-17)25-15(24-4)9(19)8(12)18/h9-21,23-28H,7-8H2,1-6H3,(H,29,30);6-13,15-19H,5H2,1-4H3,(H,20,21)/t9-,10-,11-,12+,13+,14+,15-,16+,17-,18+,19+,20+,21-,23+,24+;6-,7+,8+,9+,10-,11+,12+,13+,15-,16+/m00/s1. The van der Waals surface area contributed by atoms with Crippen LogP contribution in [0.15, 0.2) is 0 Å². The molecular formula is C40H70O24. The van der Waals surface area contributed by atoms with Gasteiger partial charge in [-0.1, -0.05) is 27.7 Å². The van der Waals surface area contributed by atoms with E-state index in [4.69, 9.17) is 61.6 Å². The first kappa shape index (κ1) is 54.7. The second-order valence-corrected chi connectivity index (χ2v) is 16.8. The Morgan fingerprint density at radius 2 is 0.781 bits per heavy atom. The van der Waals surface area contributed by atoms with Gasteiger partial charge in [0.1, 0.15) is 73.2 Å². The van der Waals surface area contributed by atoms with Crippen molar-refractivity contribution in [2.24, 2.45) is 23.7 Å². The summed E-state index contributed by atoms with van der Waals surface area (Å²) in [6.45, 7) is 7.60. The van der Waals surface area contributed by atoms with Crippen LogP contribution in [0.3, 0.4) is 0 Å². The smallest absolute Gasteiger partial charge is 0.335 e. The molecule has 374 valence electrons. The van der Waals surface area contributed by atoms with Crippen molar-refractivity contribution in [3.05, 3.63) is 0 Å². The maximum absolute atomic E-state index is 12.3. The number of hydrogen-bond donors (Lipinski definition) is 9. The number of methoxy groups -OCH3 is 5. The maximum atomic E-state index is 12.3. The molecule has 0 aromatic heterocycles. The highest BCUT2D eigenvalue weighted by Crippen LogP contribution is 2.39. The second-order valence-electron chi connectivity index (χ2n) is 16.8. The number of carboxylic acid groups (broad SMARTS) is 2. The summed E-state index contributed by atoms with van der Waals surface area (Å²) in [5, 5.41) is 89.9. The Balaban J connectivity index is 0.000000295. The van der Waals surface area contributed by atoms with E-state index in [-0.39, 0.29) is 18.4 Å². The van der Waals surface area contributed by atoms with E-state index < -0.39 is 166 Å². The highest BCUT2D eigenvalue weighted by Gasteiger charge is 2.55. The van der Waals surface area contributed by atoms with E-state index in [2.05, 4.69) is 0 Å². The predicted octanol–water partition coefficient (Wildman–Crippen LogP) is -3.34. The normalized spacial score (nSPS) is 47.6. The lowest BCUT2D eigenvalue weighted by atomic mass is 9.83. The van der Waals surface area contributed by atoms with Gasteiger partial charge in [-0.3, -0.25) is 0 Å². The monoisotopic (exact) mass is 934 g/mol. The highest BCUT2D eigenvalue weighted by molar-refractivity contribution is 5.73. The lowest BCUT2D eigenvalue weighted by molar-refractivity contribution is -0.358. The molecule has 0 unspecified atom stereocenters. The molecule has 5 rings (SSSR count). The van der Waals surface area contributed by atoms with Crippen LogP contribution >= 0.6 is 0 Å². The second kappa shape index (κ2) is 24.4. The van der Waals surface area contributed by atoms with E-state index >= 15 is 0 Å². The topological polar surface area (TPSA) is 336 Å². The molecular weight excluding hydrogens is 864 g/mol. The number of aliphatic hydroxyl groups is 7. The Morgan fingerprint density at radius 3 is 1.22 bits per heavy atom. The van der Waals surface area contributed by atoms with Gasteiger partial charge in [0.2, 0.25) is 0 Å². The van der Waals surface area contributed by atoms with Crippen molar-refractivity contribution >= 4 is 11.9 Å². The molecule has 0 bridgehead atoms. The molecule has 25 atom stereocenters. The summed E-state index contributed by atoms with van der Waals surface area (Å²) in [6.07, 6.45) is -22.8. The van der Waals surface area contributed by atoms with E-state index in [0.717, 1.165) is 0 Å². The summed E-state index contributed by atoms with van der Waals surface area (Å²) < 4.78 is 72.9. The number of aliphatic hydroxyl groups excluding tert-OH is 7. The minimum Gasteiger partial charge on any atom is -0.479 e. The third-order valence-corrected chi connectivity index (χ3v) is 13.1. The molecule has 5 saturated heterocycles. The largest absolute Gasteiger partial charge is 0.479 e. The lowest BCUT2D eigenvalue weighted by Crippen LogP contribution is -2.64. The number of carboxylic acids is 2. The van der Waals surface area contributed by atoms with Crippen molar-refractivity contribution in [2.75, 3.05) is 55.4 Å². The Labute approximate surface area is 371 Å². The molecule has 0 aromatic carbocycles. The van der Waals surface area contributed by atoms with E-state index in [0.29, 0.717) is 0 Å². The van der Waals surface area contributed by atoms with Crippen LogP contribution in [0.5, 0.6) is 0 Å². The van der Waals surface area contributed by atoms with Gasteiger partial charge in [-0.2, -0.15) is 0 Å². The summed E-state index contributed by atoms with van der Waals surface area (Å²) >= 11 is 0. The van der Waals surface area contributed by atoms with E-state index in [1.807, 2.05) is 13.8 Å². The Hall–Kier alpha value is -1.86. The molecule has 0 amide bonds. The fourth-order valence-corrected chi connectivity index (χ4v) is 9.05. The summed E-state index contributed by atoms with van der Waals surface area (Å²) in [6, 6.07) is 0. The van der Waals surface area contributed by atoms with Crippen LogP contribution in [0.25, 0.3) is 0 Å². The van der Waals surface area contributed by atoms with Crippen molar-refractivity contribution in [3.8, 4) is 0 Å². The molecule has 5 aliphatic heterocycles. The summed E-state index contributed by atoms with van der Waals surface area (Å²) in [5.41, 5.74) is 0. The molecule has 0 radical (unpaired) electrons. The van der Waals surface area contributed by atoms with Gasteiger partial charge in [-0.15, -0.1) is 0 Å². The highest BCUT2D eigenvalue weighted by atomic mass is 16.8. The van der Waals surface area contributed by atoms with Gasteiger partial charge in [0.05, 0.1) is 38.1 Å². The zero-order valence-electron chi connectivity index (χ0n) is 37.7. The van der Waals surface area contributed by atoms with E-state index in [1.54, 1.807) is 20.8 Å². The Morgan fingerprint density at radius 1 is 0.406 bits per heavy atom. The van der Waals surface area contributed by atoms with Crippen molar-refractivity contribution in [1.29, 1.82) is 0 Å². The average molecular weight is 935 g/mol. The van der Waals surface area contributed by atoms with Crippen LogP contribution in [0.4, 0.5) is 0 Å². The molecule has 0 aliphatic carbocycles. The maximum Gasteiger partial charge on any atom is 0.335 e. The molecule has 0 aromatic rings. The quantitative estimate of drug-likeness (QED) is 0.0730. The summed E-state index contributed by atoms with van der Waals surface area (Å²) in [5.74, 6) is -3.70. The zero-order valence-corrected chi connectivity index (χ0v) is 37.7. The SMILES string of the molecule is CO[C@H]1O[C@H](CO)[C@@H](O[C@@H]2O[C@@H](C(=O)O)[C@@H](OC)[C@H](C)[C@H]2OC)[C@H](O)[C@H]1O.CO[C@H]1[C@H](O[C@H]2[C@H](O)[C@@H](O)[C@@H](C)O[C@@H]2CO)O[C@H](C(=O)O)[C@@H](O[C@H]2O[C@H](CO)[C@@H](C)[C@H](C)[C@H]2OC)[C@@H]1C. The number of ether oxygens (including phenoxy) is 13. The zero-order chi connectivity index (χ0) is 47.9. The molecule has 0 spiro atoms. The van der Waals surface area contributed by atoms with Crippen molar-refractivity contribution in [3.63, 3.8) is 0 Å². The van der Waals surface area contributed by atoms with Crippen LogP contribution in [0.1, 0.15) is 34.6 Å². The minimum atomic E-state index is -1.52. The van der Waals surface area contributed by atoms with Crippen LogP contribution in [-0.2, 0) is 71.2 Å². The van der Waals surface area contributed by atoms with Gasteiger partial charge >= 0.3 is 11.9 Å². The molecule has 0 saturated carbocycles. The van der Waals surface area contributed by atoms with E-state index in [9.17, 15) is 55.5 Å². The summed E-state index contributed by atoms with van der Waals surface area (Å²) in [7, 11) is 6.96. The van der Waals surface area contributed by atoms with Gasteiger partial charge in [-0.25, -0.2) is 9.59 Å². The van der Waals surface area contributed by atoms with Gasteiger partial charge in [0, 0.05) is 47.4 Å². The van der Waals surface area contributed by atoms with Crippen molar-refractivity contribution in [1.82, 2.24) is 0 Å². The third-order valence-electron chi connectivity index (χ3n) is 13.1. The lowest BCUT2D eigenvalue weighted by Gasteiger charge is -2.49. The predicted molar refractivity (Wildman–Crippen MR) is 211 cm³/mol. The molecule has 24 heteroatoms. The van der Waals surface area contributed by atoms with Gasteiger partial charge < -0.3 is 108 Å². The van der Waals surface area contributed by atoms with Crippen LogP contribution in [0.2, 0.25) is 0 Å². The van der Waals surface area contributed by atoms with Crippen molar-refractivity contribution in [2.45, 2.75) is 164 Å². The Bertz CT molecular complexity index is 1430. The number of carbonyl (C=O) groups is 2. The fourth-order valence-electron chi connectivity index (χ4n) is 9.05. The molecule has 5 heterocycles. The summed E-state index contributed by atoms with van der Waals surface area (Å²) in [4.78, 5) is 23.8. The van der Waals surface area contributed by atoms with Crippen LogP contribution in [-0.4, -0.2) is 242 Å². The molecule has 64 heavy (non-hydrogen) atoms. The molecule has 9 N–H and O–H groups in total. The molecule has 5 aliphatic rings.